The highest BCUT2D eigenvalue weighted by atomic mass is 16.3. The number of phenolic OH excluding ortho intramolecular Hbond substituents is 2. The maximum Gasteiger partial charge on any atom is 0.251 e. The molecule has 0 atom stereocenters. The summed E-state index contributed by atoms with van der Waals surface area (Å²) in [5.41, 5.74) is 0.235. The maximum absolute atomic E-state index is 12.0. The Labute approximate surface area is 100 Å². The van der Waals surface area contributed by atoms with Crippen LogP contribution in [0.15, 0.2) is 18.2 Å². The summed E-state index contributed by atoms with van der Waals surface area (Å²) in [7, 11) is 0. The Morgan fingerprint density at radius 3 is 2.47 bits per heavy atom. The van der Waals surface area contributed by atoms with E-state index in [1.165, 1.54) is 18.2 Å². The first-order valence-corrected chi connectivity index (χ1v) is 5.85. The van der Waals surface area contributed by atoms with Crippen LogP contribution in [0.1, 0.15) is 43.0 Å². The van der Waals surface area contributed by atoms with Crippen molar-refractivity contribution in [2.45, 2.75) is 38.1 Å². The zero-order valence-electron chi connectivity index (χ0n) is 9.86. The van der Waals surface area contributed by atoms with Gasteiger partial charge in [-0.05, 0) is 38.0 Å². The summed E-state index contributed by atoms with van der Waals surface area (Å²) >= 11 is 0. The van der Waals surface area contributed by atoms with Crippen LogP contribution in [0.2, 0.25) is 0 Å². The van der Waals surface area contributed by atoms with E-state index in [1.807, 2.05) is 6.92 Å². The molecular formula is C13H17NO3. The van der Waals surface area contributed by atoms with Crippen molar-refractivity contribution in [2.75, 3.05) is 0 Å². The van der Waals surface area contributed by atoms with Crippen molar-refractivity contribution in [3.63, 3.8) is 0 Å². The summed E-state index contributed by atoms with van der Waals surface area (Å²) in [4.78, 5) is 12.0. The number of hydrogen-bond donors (Lipinski definition) is 3. The lowest BCUT2D eigenvalue weighted by Crippen LogP contribution is -2.43. The first-order valence-electron chi connectivity index (χ1n) is 5.85. The average molecular weight is 235 g/mol. The van der Waals surface area contributed by atoms with Crippen LogP contribution in [0.4, 0.5) is 0 Å². The number of carbonyl (C=O) groups is 1. The van der Waals surface area contributed by atoms with Crippen LogP contribution in [0.3, 0.4) is 0 Å². The lowest BCUT2D eigenvalue weighted by Gasteiger charge is -2.25. The Bertz CT molecular complexity index is 436. The first-order chi connectivity index (χ1) is 8.00. The predicted octanol–water partition coefficient (Wildman–Crippen LogP) is 2.16. The molecule has 3 N–H and O–H groups in total. The van der Waals surface area contributed by atoms with Crippen LogP contribution >= 0.6 is 0 Å². The van der Waals surface area contributed by atoms with Crippen LogP contribution < -0.4 is 5.32 Å². The van der Waals surface area contributed by atoms with Gasteiger partial charge in [-0.2, -0.15) is 0 Å². The number of phenols is 2. The largest absolute Gasteiger partial charge is 0.504 e. The van der Waals surface area contributed by atoms with E-state index in [0.29, 0.717) is 5.56 Å². The van der Waals surface area contributed by atoms with E-state index in [9.17, 15) is 15.0 Å². The molecule has 4 nitrogen and oxygen atoms in total. The van der Waals surface area contributed by atoms with E-state index >= 15 is 0 Å². The van der Waals surface area contributed by atoms with Gasteiger partial charge in [0.25, 0.3) is 5.91 Å². The van der Waals surface area contributed by atoms with E-state index in [-0.39, 0.29) is 22.9 Å². The lowest BCUT2D eigenvalue weighted by molar-refractivity contribution is 0.0907. The zero-order chi connectivity index (χ0) is 12.5. The minimum atomic E-state index is -0.269. The molecule has 1 aliphatic rings. The van der Waals surface area contributed by atoms with Gasteiger partial charge in [-0.1, -0.05) is 12.8 Å². The summed E-state index contributed by atoms with van der Waals surface area (Å²) in [6, 6.07) is 4.10. The van der Waals surface area contributed by atoms with Crippen LogP contribution in [-0.4, -0.2) is 21.7 Å². The molecule has 1 fully saturated rings. The number of nitrogens with one attached hydrogen (secondary N) is 1. The van der Waals surface area contributed by atoms with Gasteiger partial charge < -0.3 is 15.5 Å². The van der Waals surface area contributed by atoms with Gasteiger partial charge in [0.05, 0.1) is 0 Å². The van der Waals surface area contributed by atoms with E-state index in [2.05, 4.69) is 5.32 Å². The maximum atomic E-state index is 12.0. The molecule has 0 radical (unpaired) electrons. The molecule has 17 heavy (non-hydrogen) atoms. The van der Waals surface area contributed by atoms with Gasteiger partial charge in [-0.25, -0.2) is 0 Å². The fourth-order valence-electron chi connectivity index (χ4n) is 2.29. The van der Waals surface area contributed by atoms with Crippen LogP contribution in [0.25, 0.3) is 0 Å². The fraction of sp³-hybridized carbons (Fsp3) is 0.462. The van der Waals surface area contributed by atoms with Crippen molar-refractivity contribution in [3.8, 4) is 11.5 Å². The molecule has 0 heterocycles. The van der Waals surface area contributed by atoms with E-state index in [0.717, 1.165) is 25.7 Å². The third-order valence-corrected chi connectivity index (χ3v) is 3.36. The third-order valence-electron chi connectivity index (χ3n) is 3.36. The van der Waals surface area contributed by atoms with Crippen molar-refractivity contribution in [3.05, 3.63) is 23.8 Å². The fourth-order valence-corrected chi connectivity index (χ4v) is 2.29. The van der Waals surface area contributed by atoms with Gasteiger partial charge in [-0.3, -0.25) is 4.79 Å². The number of amides is 1. The van der Waals surface area contributed by atoms with E-state index in [4.69, 9.17) is 0 Å². The summed E-state index contributed by atoms with van der Waals surface area (Å²) in [5, 5.41) is 21.5. The summed E-state index contributed by atoms with van der Waals surface area (Å²) < 4.78 is 0. The van der Waals surface area contributed by atoms with E-state index in [1.54, 1.807) is 0 Å². The van der Waals surface area contributed by atoms with Gasteiger partial charge in [0, 0.05) is 11.1 Å². The van der Waals surface area contributed by atoms with Crippen LogP contribution in [0.5, 0.6) is 11.5 Å². The molecule has 0 bridgehead atoms. The van der Waals surface area contributed by atoms with Gasteiger partial charge >= 0.3 is 0 Å². The standard InChI is InChI=1S/C13H17NO3/c1-13(6-2-3-7-13)14-12(17)9-4-5-10(15)11(16)8-9/h4-5,8,15-16H,2-3,6-7H2,1H3,(H,14,17). The second-order valence-corrected chi connectivity index (χ2v) is 4.93. The lowest BCUT2D eigenvalue weighted by atomic mass is 10.00. The molecule has 4 heteroatoms. The second-order valence-electron chi connectivity index (χ2n) is 4.93. The molecule has 92 valence electrons. The zero-order valence-corrected chi connectivity index (χ0v) is 9.86. The Morgan fingerprint density at radius 1 is 1.24 bits per heavy atom. The van der Waals surface area contributed by atoms with Crippen molar-refractivity contribution in [1.82, 2.24) is 5.32 Å². The number of aromatic hydroxyl groups is 2. The third kappa shape index (κ3) is 2.52. The SMILES string of the molecule is CC1(NC(=O)c2ccc(O)c(O)c2)CCCC1. The van der Waals surface area contributed by atoms with Gasteiger partial charge in [0.2, 0.25) is 0 Å². The van der Waals surface area contributed by atoms with Gasteiger partial charge in [0.15, 0.2) is 11.5 Å². The highest BCUT2D eigenvalue weighted by Crippen LogP contribution is 2.30. The molecule has 0 unspecified atom stereocenters. The van der Waals surface area contributed by atoms with Crippen molar-refractivity contribution >= 4 is 5.91 Å². The Balaban J connectivity index is 2.11. The highest BCUT2D eigenvalue weighted by molar-refractivity contribution is 5.95. The molecule has 1 aromatic rings. The second kappa shape index (κ2) is 4.28. The smallest absolute Gasteiger partial charge is 0.251 e. The van der Waals surface area contributed by atoms with Crippen LogP contribution in [-0.2, 0) is 0 Å². The Hall–Kier alpha value is -1.71. The van der Waals surface area contributed by atoms with Crippen molar-refractivity contribution < 1.29 is 15.0 Å². The van der Waals surface area contributed by atoms with Crippen LogP contribution in [0, 0.1) is 0 Å². The highest BCUT2D eigenvalue weighted by Gasteiger charge is 2.30. The molecule has 0 aliphatic heterocycles. The molecule has 2 rings (SSSR count). The summed E-state index contributed by atoms with van der Waals surface area (Å²) in [5.74, 6) is -0.687. The van der Waals surface area contributed by atoms with Gasteiger partial charge in [0.1, 0.15) is 0 Å². The van der Waals surface area contributed by atoms with Crippen molar-refractivity contribution in [2.24, 2.45) is 0 Å². The van der Waals surface area contributed by atoms with E-state index < -0.39 is 0 Å². The Kier molecular flexibility index (Phi) is 2.96. The normalized spacial score (nSPS) is 17.9. The molecule has 1 aliphatic carbocycles. The first kappa shape index (κ1) is 11.8. The number of carbonyl (C=O) groups excluding carboxylic acids is 1. The number of hydrogen-bond acceptors (Lipinski definition) is 3. The molecule has 1 saturated carbocycles. The molecule has 1 aromatic carbocycles. The molecule has 1 amide bonds. The molecule has 0 spiro atoms. The average Bonchev–Trinajstić information content (AvgIpc) is 2.69. The minimum absolute atomic E-state index is 0.134. The monoisotopic (exact) mass is 235 g/mol. The van der Waals surface area contributed by atoms with Crippen molar-refractivity contribution in [1.29, 1.82) is 0 Å². The topological polar surface area (TPSA) is 69.6 Å². The Morgan fingerprint density at radius 2 is 1.88 bits per heavy atom. The summed E-state index contributed by atoms with van der Waals surface area (Å²) in [6.07, 6.45) is 4.25. The van der Waals surface area contributed by atoms with Gasteiger partial charge in [-0.15, -0.1) is 0 Å². The molecular weight excluding hydrogens is 218 g/mol. The predicted molar refractivity (Wildman–Crippen MR) is 64.1 cm³/mol. The number of rotatable bonds is 2. The summed E-state index contributed by atoms with van der Waals surface area (Å²) in [6.45, 7) is 2.04. The minimum Gasteiger partial charge on any atom is -0.504 e. The quantitative estimate of drug-likeness (QED) is 0.688. The molecule has 0 saturated heterocycles. The number of benzene rings is 1. The molecule has 0 aromatic heterocycles.